The Labute approximate surface area is 166 Å². The summed E-state index contributed by atoms with van der Waals surface area (Å²) >= 11 is 0. The molecule has 1 aromatic heterocycles. The van der Waals surface area contributed by atoms with Crippen LogP contribution in [-0.4, -0.2) is 22.5 Å². The molecule has 1 unspecified atom stereocenters. The topological polar surface area (TPSA) is 19.0 Å². The van der Waals surface area contributed by atoms with E-state index in [4.69, 9.17) is 0 Å². The van der Waals surface area contributed by atoms with E-state index in [0.29, 0.717) is 0 Å². The van der Waals surface area contributed by atoms with Gasteiger partial charge in [-0.15, -0.1) is 0 Å². The smallest absolute Gasteiger partial charge is 0.123 e. The largest absolute Gasteiger partial charge is 0.357 e. The number of hydrogen-bond acceptors (Lipinski definition) is 1. The predicted molar refractivity (Wildman–Crippen MR) is 114 cm³/mol. The van der Waals surface area contributed by atoms with Crippen LogP contribution in [0, 0.1) is 12.7 Å². The molecule has 0 amide bonds. The predicted octanol–water partition coefficient (Wildman–Crippen LogP) is 5.78. The number of fused-ring (bicyclic) bond motifs is 4. The van der Waals surface area contributed by atoms with Gasteiger partial charge >= 0.3 is 0 Å². The van der Waals surface area contributed by atoms with Crippen molar-refractivity contribution in [3.05, 3.63) is 76.2 Å². The monoisotopic (exact) mass is 374 g/mol. The van der Waals surface area contributed by atoms with Gasteiger partial charge in [-0.25, -0.2) is 4.39 Å². The van der Waals surface area contributed by atoms with Crippen LogP contribution in [0.3, 0.4) is 0 Å². The third-order valence-corrected chi connectivity index (χ3v) is 6.56. The fourth-order valence-electron chi connectivity index (χ4n) is 5.03. The second kappa shape index (κ2) is 6.89. The lowest BCUT2D eigenvalue weighted by molar-refractivity contribution is 0.225. The molecule has 1 atom stereocenters. The summed E-state index contributed by atoms with van der Waals surface area (Å²) in [6, 6.07) is 12.2. The van der Waals surface area contributed by atoms with Crippen molar-refractivity contribution >= 4 is 16.5 Å². The van der Waals surface area contributed by atoms with Crippen molar-refractivity contribution in [2.45, 2.75) is 52.1 Å². The van der Waals surface area contributed by atoms with Crippen LogP contribution in [0.5, 0.6) is 0 Å². The molecule has 3 heterocycles. The number of H-pyrrole nitrogens is 1. The number of benzene rings is 2. The zero-order chi connectivity index (χ0) is 19.3. The summed E-state index contributed by atoms with van der Waals surface area (Å²) in [5.74, 6) is -0.186. The van der Waals surface area contributed by atoms with Crippen molar-refractivity contribution in [3.8, 4) is 0 Å². The van der Waals surface area contributed by atoms with E-state index in [-0.39, 0.29) is 5.82 Å². The van der Waals surface area contributed by atoms with Crippen LogP contribution in [0.4, 0.5) is 4.39 Å². The molecule has 5 rings (SSSR count). The first-order valence-electron chi connectivity index (χ1n) is 10.4. The Hall–Kier alpha value is -2.39. The van der Waals surface area contributed by atoms with Gasteiger partial charge in [0.15, 0.2) is 0 Å². The lowest BCUT2D eigenvalue weighted by atomic mass is 9.94. The molecule has 2 nitrogen and oxygen atoms in total. The number of allylic oxidation sites excluding steroid dienone is 2. The van der Waals surface area contributed by atoms with Gasteiger partial charge in [0.2, 0.25) is 0 Å². The molecule has 0 bridgehead atoms. The molecule has 3 heteroatoms. The van der Waals surface area contributed by atoms with E-state index in [1.165, 1.54) is 71.2 Å². The van der Waals surface area contributed by atoms with Gasteiger partial charge in [-0.2, -0.15) is 0 Å². The molecule has 1 N–H and O–H groups in total. The van der Waals surface area contributed by atoms with Gasteiger partial charge in [0, 0.05) is 29.2 Å². The summed E-state index contributed by atoms with van der Waals surface area (Å²) < 4.78 is 13.2. The van der Waals surface area contributed by atoms with E-state index in [1.807, 2.05) is 12.1 Å². The number of rotatable bonds is 3. The summed E-state index contributed by atoms with van der Waals surface area (Å²) in [4.78, 5) is 6.42. The second-order valence-corrected chi connectivity index (χ2v) is 8.50. The van der Waals surface area contributed by atoms with Gasteiger partial charge in [-0.05, 0) is 86.5 Å². The van der Waals surface area contributed by atoms with Crippen molar-refractivity contribution in [1.29, 1.82) is 0 Å². The zero-order valence-electron chi connectivity index (χ0n) is 16.7. The van der Waals surface area contributed by atoms with Crippen LogP contribution >= 0.6 is 0 Å². The van der Waals surface area contributed by atoms with Crippen molar-refractivity contribution < 1.29 is 4.39 Å². The molecule has 144 valence electrons. The number of halogens is 1. The highest BCUT2D eigenvalue weighted by molar-refractivity contribution is 5.89. The van der Waals surface area contributed by atoms with E-state index in [9.17, 15) is 4.39 Å². The second-order valence-electron chi connectivity index (χ2n) is 8.50. The van der Waals surface area contributed by atoms with E-state index in [2.05, 4.69) is 41.9 Å². The van der Waals surface area contributed by atoms with Gasteiger partial charge < -0.3 is 4.98 Å². The number of nitrogens with one attached hydrogen (secondary N) is 1. The fourth-order valence-corrected chi connectivity index (χ4v) is 5.03. The fraction of sp³-hybridized carbons (Fsp3) is 0.360. The molecule has 0 aliphatic carbocycles. The minimum absolute atomic E-state index is 0.186. The van der Waals surface area contributed by atoms with E-state index in [1.54, 1.807) is 5.56 Å². The summed E-state index contributed by atoms with van der Waals surface area (Å²) in [7, 11) is 0. The Bertz CT molecular complexity index is 1060. The normalized spacial score (nSPS) is 19.8. The molecule has 2 aliphatic heterocycles. The van der Waals surface area contributed by atoms with Crippen LogP contribution in [0.25, 0.3) is 16.5 Å². The number of nitrogens with zero attached hydrogens (tertiary/aromatic N) is 1. The Balaban J connectivity index is 1.50. The summed E-state index contributed by atoms with van der Waals surface area (Å²) in [5, 5.41) is 1.42. The maximum atomic E-state index is 13.2. The molecule has 2 aliphatic rings. The first-order chi connectivity index (χ1) is 13.6. The minimum Gasteiger partial charge on any atom is -0.357 e. The first kappa shape index (κ1) is 17.7. The third kappa shape index (κ3) is 3.08. The molecule has 0 saturated carbocycles. The summed E-state index contributed by atoms with van der Waals surface area (Å²) in [5.41, 5.74) is 9.21. The van der Waals surface area contributed by atoms with Crippen LogP contribution in [-0.2, 0) is 19.4 Å². The van der Waals surface area contributed by atoms with E-state index in [0.717, 1.165) is 24.6 Å². The number of aromatic nitrogens is 1. The zero-order valence-corrected chi connectivity index (χ0v) is 16.7. The quantitative estimate of drug-likeness (QED) is 0.615. The maximum absolute atomic E-state index is 13.2. The molecule has 28 heavy (non-hydrogen) atoms. The molecule has 0 spiro atoms. The number of aryl methyl sites for hydroxylation is 1. The molecular weight excluding hydrogens is 347 g/mol. The van der Waals surface area contributed by atoms with Gasteiger partial charge in [-0.1, -0.05) is 29.8 Å². The summed E-state index contributed by atoms with van der Waals surface area (Å²) in [6.07, 6.45) is 7.01. The van der Waals surface area contributed by atoms with Crippen LogP contribution in [0.1, 0.15) is 47.7 Å². The van der Waals surface area contributed by atoms with Gasteiger partial charge in [-0.3, -0.25) is 4.90 Å². The van der Waals surface area contributed by atoms with E-state index < -0.39 is 0 Å². The average Bonchev–Trinajstić information content (AvgIpc) is 3.28. The molecular formula is C25H27FN2. The Morgan fingerprint density at radius 2 is 2.07 bits per heavy atom. The Kier molecular flexibility index (Phi) is 4.36. The maximum Gasteiger partial charge on any atom is 0.123 e. The highest BCUT2D eigenvalue weighted by atomic mass is 19.1. The van der Waals surface area contributed by atoms with Gasteiger partial charge in [0.1, 0.15) is 5.82 Å². The van der Waals surface area contributed by atoms with Crippen LogP contribution in [0.2, 0.25) is 0 Å². The third-order valence-electron chi connectivity index (χ3n) is 6.56. The lowest BCUT2D eigenvalue weighted by Gasteiger charge is -2.29. The highest BCUT2D eigenvalue weighted by Gasteiger charge is 2.32. The van der Waals surface area contributed by atoms with Gasteiger partial charge in [0.25, 0.3) is 0 Å². The first-order valence-corrected chi connectivity index (χ1v) is 10.4. The molecule has 1 fully saturated rings. The lowest BCUT2D eigenvalue weighted by Crippen LogP contribution is -2.34. The van der Waals surface area contributed by atoms with Crippen molar-refractivity contribution in [2.24, 2.45) is 0 Å². The minimum atomic E-state index is -0.186. The standard InChI is InChI=1S/C25H27FN2/c1-16-12-19(6-5-17(2)18-7-9-20(26)10-8-18)25-23(13-16)22-14-21-4-3-11-28(21)15-24(22)27-25/h5,7-10,12-13,21,27H,3-4,6,11,14-15H2,1-2H3. The molecule has 2 aromatic carbocycles. The Morgan fingerprint density at radius 1 is 1.25 bits per heavy atom. The van der Waals surface area contributed by atoms with Crippen LogP contribution in [0.15, 0.2) is 42.5 Å². The van der Waals surface area contributed by atoms with Crippen LogP contribution < -0.4 is 0 Å². The average molecular weight is 375 g/mol. The number of hydrogen-bond donors (Lipinski definition) is 1. The van der Waals surface area contributed by atoms with Crippen molar-refractivity contribution in [3.63, 3.8) is 0 Å². The molecule has 1 saturated heterocycles. The SMILES string of the molecule is CC(=CCc1cc(C)cc2c3c([nH]c12)CN1CCCC1C3)c1ccc(F)cc1. The highest BCUT2D eigenvalue weighted by Crippen LogP contribution is 2.36. The van der Waals surface area contributed by atoms with Crippen molar-refractivity contribution in [1.82, 2.24) is 9.88 Å². The van der Waals surface area contributed by atoms with Crippen molar-refractivity contribution in [2.75, 3.05) is 6.54 Å². The van der Waals surface area contributed by atoms with Gasteiger partial charge in [0.05, 0.1) is 0 Å². The number of aromatic amines is 1. The van der Waals surface area contributed by atoms with E-state index >= 15 is 0 Å². The molecule has 3 aromatic rings. The summed E-state index contributed by atoms with van der Waals surface area (Å²) in [6.45, 7) is 6.61. The molecule has 0 radical (unpaired) electrons. The Morgan fingerprint density at radius 3 is 2.89 bits per heavy atom.